The summed E-state index contributed by atoms with van der Waals surface area (Å²) >= 11 is 1.38. The molecule has 0 unspecified atom stereocenters. The van der Waals surface area contributed by atoms with Crippen molar-refractivity contribution in [3.8, 4) is 0 Å². The van der Waals surface area contributed by atoms with Crippen LogP contribution in [0.4, 0.5) is 0 Å². The van der Waals surface area contributed by atoms with Crippen molar-refractivity contribution < 1.29 is 13.2 Å². The number of aromatic amines is 1. The predicted octanol–water partition coefficient (Wildman–Crippen LogP) is 3.22. The number of aromatic nitrogens is 2. The minimum absolute atomic E-state index is 0.0216. The number of sulfone groups is 1. The second-order valence-corrected chi connectivity index (χ2v) is 10.9. The van der Waals surface area contributed by atoms with E-state index in [2.05, 4.69) is 22.1 Å². The smallest absolute Gasteiger partial charge is 0.233 e. The molecule has 1 saturated heterocycles. The third-order valence-corrected chi connectivity index (χ3v) is 8.07. The molecule has 2 aromatic rings. The monoisotopic (exact) mass is 435 g/mol. The van der Waals surface area contributed by atoms with Crippen LogP contribution in [0.3, 0.4) is 0 Å². The maximum Gasteiger partial charge on any atom is 0.233 e. The van der Waals surface area contributed by atoms with Gasteiger partial charge < -0.3 is 9.88 Å². The van der Waals surface area contributed by atoms with Crippen molar-refractivity contribution in [2.75, 3.05) is 17.3 Å². The zero-order valence-corrected chi connectivity index (χ0v) is 18.9. The zero-order chi connectivity index (χ0) is 21.0. The molecule has 1 amide bonds. The minimum Gasteiger partial charge on any atom is -0.337 e. The van der Waals surface area contributed by atoms with Crippen molar-refractivity contribution in [1.82, 2.24) is 14.9 Å². The summed E-state index contributed by atoms with van der Waals surface area (Å²) < 4.78 is 23.8. The molecule has 158 valence electrons. The summed E-state index contributed by atoms with van der Waals surface area (Å²) in [6.07, 6.45) is 2.08. The van der Waals surface area contributed by atoms with E-state index < -0.39 is 9.84 Å². The lowest BCUT2D eigenvalue weighted by Crippen LogP contribution is -2.47. The fourth-order valence-corrected chi connectivity index (χ4v) is 6.22. The Balaban J connectivity index is 1.65. The third kappa shape index (κ3) is 5.63. The van der Waals surface area contributed by atoms with Crippen molar-refractivity contribution in [2.45, 2.75) is 57.3 Å². The Labute approximate surface area is 177 Å². The van der Waals surface area contributed by atoms with Crippen molar-refractivity contribution >= 4 is 27.5 Å². The molecule has 8 heteroatoms. The topological polar surface area (TPSA) is 83.1 Å². The van der Waals surface area contributed by atoms with E-state index in [0.717, 1.165) is 29.4 Å². The first-order valence-corrected chi connectivity index (χ1v) is 12.8. The van der Waals surface area contributed by atoms with Crippen LogP contribution in [0.2, 0.25) is 0 Å². The van der Waals surface area contributed by atoms with Crippen molar-refractivity contribution in [3.63, 3.8) is 0 Å². The number of carbonyl (C=O) groups is 1. The molecular weight excluding hydrogens is 406 g/mol. The largest absolute Gasteiger partial charge is 0.337 e. The molecule has 1 N–H and O–H groups in total. The first-order valence-electron chi connectivity index (χ1n) is 10.0. The van der Waals surface area contributed by atoms with E-state index >= 15 is 0 Å². The molecule has 0 radical (unpaired) electrons. The maximum atomic E-state index is 13.0. The summed E-state index contributed by atoms with van der Waals surface area (Å²) in [4.78, 5) is 22.7. The zero-order valence-electron chi connectivity index (χ0n) is 17.2. The summed E-state index contributed by atoms with van der Waals surface area (Å²) in [6, 6.07) is 9.97. The van der Waals surface area contributed by atoms with Gasteiger partial charge in [-0.05, 0) is 32.3 Å². The SMILES string of the molecule is CC[C@@H](C)N(C(=O)CSc1nc(Cc2ccccc2)c(C)[nH]1)[C@@H]1CCS(=O)(=O)C1. The van der Waals surface area contributed by atoms with Crippen molar-refractivity contribution in [1.29, 1.82) is 0 Å². The second-order valence-electron chi connectivity index (χ2n) is 7.68. The summed E-state index contributed by atoms with van der Waals surface area (Å²) in [5.41, 5.74) is 3.18. The van der Waals surface area contributed by atoms with Crippen LogP contribution in [-0.4, -0.2) is 58.5 Å². The number of benzene rings is 1. The fraction of sp³-hybridized carbons (Fsp3) is 0.524. The highest BCUT2D eigenvalue weighted by atomic mass is 32.2. The number of imidazole rings is 1. The highest BCUT2D eigenvalue weighted by Gasteiger charge is 2.36. The summed E-state index contributed by atoms with van der Waals surface area (Å²) in [5.74, 6) is 0.476. The number of H-pyrrole nitrogens is 1. The van der Waals surface area contributed by atoms with E-state index in [1.54, 1.807) is 4.90 Å². The fourth-order valence-electron chi connectivity index (χ4n) is 3.70. The molecule has 1 aromatic heterocycles. The average molecular weight is 436 g/mol. The molecule has 6 nitrogen and oxygen atoms in total. The van der Waals surface area contributed by atoms with Crippen molar-refractivity contribution in [2.24, 2.45) is 0 Å². The van der Waals surface area contributed by atoms with Gasteiger partial charge in [0.05, 0.1) is 23.0 Å². The molecule has 3 rings (SSSR count). The molecule has 0 bridgehead atoms. The molecule has 2 heterocycles. The molecule has 0 spiro atoms. The maximum absolute atomic E-state index is 13.0. The molecule has 0 aliphatic carbocycles. The minimum atomic E-state index is -3.03. The number of nitrogens with zero attached hydrogens (tertiary/aromatic N) is 2. The molecule has 1 aliphatic heterocycles. The number of nitrogens with one attached hydrogen (secondary N) is 1. The van der Waals surface area contributed by atoms with E-state index in [-0.39, 0.29) is 35.2 Å². The van der Waals surface area contributed by atoms with Gasteiger partial charge >= 0.3 is 0 Å². The lowest BCUT2D eigenvalue weighted by atomic mass is 10.1. The number of aryl methyl sites for hydroxylation is 1. The van der Waals surface area contributed by atoms with Crippen LogP contribution >= 0.6 is 11.8 Å². The van der Waals surface area contributed by atoms with E-state index in [1.807, 2.05) is 39.0 Å². The van der Waals surface area contributed by atoms with Crippen LogP contribution in [-0.2, 0) is 21.1 Å². The summed E-state index contributed by atoms with van der Waals surface area (Å²) in [5, 5.41) is 0.727. The normalized spacial score (nSPS) is 19.2. The molecule has 0 saturated carbocycles. The van der Waals surface area contributed by atoms with Crippen molar-refractivity contribution in [3.05, 3.63) is 47.3 Å². The quantitative estimate of drug-likeness (QED) is 0.644. The molecule has 2 atom stereocenters. The first-order chi connectivity index (χ1) is 13.8. The van der Waals surface area contributed by atoms with Gasteiger partial charge in [0.2, 0.25) is 5.91 Å². The summed E-state index contributed by atoms with van der Waals surface area (Å²) in [6.45, 7) is 6.00. The van der Waals surface area contributed by atoms with Crippen LogP contribution < -0.4 is 0 Å². The summed E-state index contributed by atoms with van der Waals surface area (Å²) in [7, 11) is -3.03. The Kier molecular flexibility index (Phi) is 7.05. The Morgan fingerprint density at radius 2 is 2.07 bits per heavy atom. The molecule has 1 aromatic carbocycles. The Bertz CT molecular complexity index is 941. The standard InChI is InChI=1S/C21H29N3O3S2/c1-4-15(2)24(18-10-11-29(26,27)14-18)20(25)13-28-21-22-16(3)19(23-21)12-17-8-6-5-7-9-17/h5-9,15,18H,4,10-14H2,1-3H3,(H,22,23)/t15-,18-/m1/s1. The van der Waals surface area contributed by atoms with Gasteiger partial charge in [0, 0.05) is 24.2 Å². The number of carbonyl (C=O) groups excluding carboxylic acids is 1. The second kappa shape index (κ2) is 9.34. The van der Waals surface area contributed by atoms with Gasteiger partial charge in [-0.15, -0.1) is 0 Å². The molecular formula is C21H29N3O3S2. The molecule has 29 heavy (non-hydrogen) atoms. The number of hydrogen-bond donors (Lipinski definition) is 1. The Hall–Kier alpha value is -1.80. The third-order valence-electron chi connectivity index (χ3n) is 5.47. The van der Waals surface area contributed by atoms with E-state index in [4.69, 9.17) is 0 Å². The number of rotatable bonds is 8. The van der Waals surface area contributed by atoms with Gasteiger partial charge in [0.1, 0.15) is 0 Å². The van der Waals surface area contributed by atoms with Gasteiger partial charge in [-0.2, -0.15) is 0 Å². The lowest BCUT2D eigenvalue weighted by Gasteiger charge is -2.33. The van der Waals surface area contributed by atoms with Crippen LogP contribution in [0.1, 0.15) is 43.6 Å². The number of amides is 1. The highest BCUT2D eigenvalue weighted by molar-refractivity contribution is 7.99. The Morgan fingerprint density at radius 3 is 2.69 bits per heavy atom. The number of thioether (sulfide) groups is 1. The first kappa shape index (κ1) is 21.9. The van der Waals surface area contributed by atoms with Crippen LogP contribution in [0.25, 0.3) is 0 Å². The van der Waals surface area contributed by atoms with Crippen LogP contribution in [0.5, 0.6) is 0 Å². The van der Waals surface area contributed by atoms with Gasteiger partial charge in [-0.25, -0.2) is 13.4 Å². The lowest BCUT2D eigenvalue weighted by molar-refractivity contribution is -0.132. The van der Waals surface area contributed by atoms with Gasteiger partial charge in [0.25, 0.3) is 0 Å². The number of hydrogen-bond acceptors (Lipinski definition) is 5. The van der Waals surface area contributed by atoms with Gasteiger partial charge in [-0.1, -0.05) is 49.0 Å². The van der Waals surface area contributed by atoms with Gasteiger partial charge in [-0.3, -0.25) is 4.79 Å². The van der Waals surface area contributed by atoms with Crippen LogP contribution in [0, 0.1) is 6.92 Å². The van der Waals surface area contributed by atoms with Crippen LogP contribution in [0.15, 0.2) is 35.5 Å². The van der Waals surface area contributed by atoms with E-state index in [1.165, 1.54) is 17.3 Å². The molecule has 1 fully saturated rings. The Morgan fingerprint density at radius 1 is 1.34 bits per heavy atom. The highest BCUT2D eigenvalue weighted by Crippen LogP contribution is 2.24. The van der Waals surface area contributed by atoms with E-state index in [9.17, 15) is 13.2 Å². The molecule has 1 aliphatic rings. The average Bonchev–Trinajstić information content (AvgIpc) is 3.22. The van der Waals surface area contributed by atoms with E-state index in [0.29, 0.717) is 6.42 Å². The van der Waals surface area contributed by atoms with Gasteiger partial charge in [0.15, 0.2) is 15.0 Å². The predicted molar refractivity (Wildman–Crippen MR) is 117 cm³/mol.